The summed E-state index contributed by atoms with van der Waals surface area (Å²) in [6.45, 7) is 5.01. The fourth-order valence-electron chi connectivity index (χ4n) is 1.47. The average Bonchev–Trinajstić information content (AvgIpc) is 2.37. The van der Waals surface area contributed by atoms with Gasteiger partial charge in [-0.3, -0.25) is 4.79 Å². The molecule has 0 spiro atoms. The van der Waals surface area contributed by atoms with E-state index in [9.17, 15) is 10.2 Å². The second-order valence-electron chi connectivity index (χ2n) is 4.62. The summed E-state index contributed by atoms with van der Waals surface area (Å²) < 4.78 is 0. The Morgan fingerprint density at radius 3 is 1.94 bits per heavy atom. The fourth-order valence-corrected chi connectivity index (χ4v) is 1.47. The van der Waals surface area contributed by atoms with Crippen molar-refractivity contribution in [2.24, 2.45) is 5.41 Å². The molecular weight excluding hydrogens is 232 g/mol. The van der Waals surface area contributed by atoms with E-state index in [2.05, 4.69) is 0 Å². The molecule has 1 unspecified atom stereocenters. The Bertz CT molecular complexity index is 340. The predicted molar refractivity (Wildman–Crippen MR) is 70.4 cm³/mol. The van der Waals surface area contributed by atoms with Crippen LogP contribution in [0.15, 0.2) is 30.3 Å². The van der Waals surface area contributed by atoms with Crippen molar-refractivity contribution < 1.29 is 20.1 Å². The summed E-state index contributed by atoms with van der Waals surface area (Å²) in [5.41, 5.74) is 0.708. The number of hydrogen-bond donors (Lipinski definition) is 3. The first-order valence-corrected chi connectivity index (χ1v) is 5.83. The van der Waals surface area contributed by atoms with E-state index in [-0.39, 0.29) is 19.1 Å². The molecule has 0 heterocycles. The van der Waals surface area contributed by atoms with E-state index in [0.717, 1.165) is 12.5 Å². The maximum atomic E-state index is 9.26. The fraction of sp³-hybridized carbons (Fsp3) is 0.500. The predicted octanol–water partition coefficient (Wildman–Crippen LogP) is 1.87. The minimum Gasteiger partial charge on any atom is -0.481 e. The number of carboxylic acids is 1. The topological polar surface area (TPSA) is 77.8 Å². The van der Waals surface area contributed by atoms with E-state index < -0.39 is 11.4 Å². The molecule has 1 rings (SSSR count). The van der Waals surface area contributed by atoms with E-state index in [0.29, 0.717) is 0 Å². The number of hydrogen-bond acceptors (Lipinski definition) is 3. The molecule has 0 aliphatic carbocycles. The molecule has 1 aromatic rings. The summed E-state index contributed by atoms with van der Waals surface area (Å²) in [7, 11) is 0. The van der Waals surface area contributed by atoms with Gasteiger partial charge in [0.05, 0.1) is 13.2 Å². The van der Waals surface area contributed by atoms with Gasteiger partial charge < -0.3 is 15.3 Å². The second-order valence-corrected chi connectivity index (χ2v) is 4.62. The van der Waals surface area contributed by atoms with Crippen LogP contribution in [0.5, 0.6) is 0 Å². The van der Waals surface area contributed by atoms with Gasteiger partial charge in [0.25, 0.3) is 5.97 Å². The summed E-state index contributed by atoms with van der Waals surface area (Å²) in [6, 6.07) is 9.95. The zero-order valence-corrected chi connectivity index (χ0v) is 11.1. The van der Waals surface area contributed by atoms with Crippen molar-refractivity contribution in [2.75, 3.05) is 13.2 Å². The van der Waals surface area contributed by atoms with Gasteiger partial charge in [0.15, 0.2) is 0 Å². The highest BCUT2D eigenvalue weighted by atomic mass is 16.4. The third kappa shape index (κ3) is 5.29. The quantitative estimate of drug-likeness (QED) is 0.766. The lowest BCUT2D eigenvalue weighted by Crippen LogP contribution is -2.31. The monoisotopic (exact) mass is 254 g/mol. The van der Waals surface area contributed by atoms with Crippen molar-refractivity contribution in [3.05, 3.63) is 35.9 Å². The Hall–Kier alpha value is -1.39. The molecule has 0 aromatic heterocycles. The highest BCUT2D eigenvalue weighted by molar-refractivity contribution is 5.62. The Morgan fingerprint density at radius 2 is 1.61 bits per heavy atom. The molecule has 0 saturated carbocycles. The Kier molecular flexibility index (Phi) is 7.24. The molecule has 3 N–H and O–H groups in total. The van der Waals surface area contributed by atoms with Crippen LogP contribution >= 0.6 is 0 Å². The van der Waals surface area contributed by atoms with Gasteiger partial charge in [-0.15, -0.1) is 0 Å². The second kappa shape index (κ2) is 7.84. The maximum Gasteiger partial charge on any atom is 0.300 e. The molecule has 0 bridgehead atoms. The van der Waals surface area contributed by atoms with Crippen LogP contribution < -0.4 is 0 Å². The number of carboxylic acid groups (broad SMARTS) is 1. The molecule has 102 valence electrons. The molecule has 1 aromatic carbocycles. The summed E-state index contributed by atoms with van der Waals surface area (Å²) in [5, 5.41) is 25.9. The number of aliphatic carboxylic acids is 1. The lowest BCUT2D eigenvalue weighted by Gasteiger charge is -2.32. The Balaban J connectivity index is 0.000000631. The van der Waals surface area contributed by atoms with E-state index in [4.69, 9.17) is 9.90 Å². The van der Waals surface area contributed by atoms with E-state index in [1.165, 1.54) is 0 Å². The summed E-state index contributed by atoms with van der Waals surface area (Å²) in [5.74, 6) is -0.682. The van der Waals surface area contributed by atoms with Crippen LogP contribution in [-0.2, 0) is 4.79 Å². The molecule has 18 heavy (non-hydrogen) atoms. The van der Waals surface area contributed by atoms with Gasteiger partial charge >= 0.3 is 0 Å². The molecule has 4 nitrogen and oxygen atoms in total. The largest absolute Gasteiger partial charge is 0.481 e. The maximum absolute atomic E-state index is 9.26. The van der Waals surface area contributed by atoms with Gasteiger partial charge in [0.2, 0.25) is 0 Å². The zero-order valence-electron chi connectivity index (χ0n) is 11.1. The van der Waals surface area contributed by atoms with Gasteiger partial charge in [-0.1, -0.05) is 44.2 Å². The van der Waals surface area contributed by atoms with Gasteiger partial charge in [-0.25, -0.2) is 0 Å². The first kappa shape index (κ1) is 16.6. The minimum absolute atomic E-state index is 0.000436. The SMILES string of the molecule is CC(=O)O.CC(c1ccccc1)C(C)(CO)CO. The van der Waals surface area contributed by atoms with Crippen molar-refractivity contribution in [1.29, 1.82) is 0 Å². The number of aliphatic hydroxyl groups is 2. The van der Waals surface area contributed by atoms with Crippen LogP contribution in [0.1, 0.15) is 32.3 Å². The first-order valence-electron chi connectivity index (χ1n) is 5.83. The lowest BCUT2D eigenvalue weighted by atomic mass is 9.76. The van der Waals surface area contributed by atoms with Gasteiger partial charge in [-0.05, 0) is 11.5 Å². The van der Waals surface area contributed by atoms with E-state index in [1.54, 1.807) is 0 Å². The summed E-state index contributed by atoms with van der Waals surface area (Å²) >= 11 is 0. The molecule has 0 aliphatic heterocycles. The lowest BCUT2D eigenvalue weighted by molar-refractivity contribution is -0.134. The molecule has 0 amide bonds. The van der Waals surface area contributed by atoms with Crippen LogP contribution in [0.4, 0.5) is 0 Å². The van der Waals surface area contributed by atoms with Gasteiger partial charge in [0, 0.05) is 12.3 Å². The number of benzene rings is 1. The Labute approximate surface area is 108 Å². The molecule has 0 aliphatic rings. The van der Waals surface area contributed by atoms with Gasteiger partial charge in [-0.2, -0.15) is 0 Å². The van der Waals surface area contributed by atoms with Crippen LogP contribution in [0.2, 0.25) is 0 Å². The molecular formula is C14H22O4. The first-order chi connectivity index (χ1) is 8.37. The van der Waals surface area contributed by atoms with Crippen LogP contribution in [0.3, 0.4) is 0 Å². The smallest absolute Gasteiger partial charge is 0.300 e. The minimum atomic E-state index is -0.833. The molecule has 0 radical (unpaired) electrons. The normalized spacial score (nSPS) is 12.3. The third-order valence-corrected chi connectivity index (χ3v) is 3.07. The van der Waals surface area contributed by atoms with Crippen molar-refractivity contribution in [2.45, 2.75) is 26.7 Å². The van der Waals surface area contributed by atoms with Crippen LogP contribution in [0.25, 0.3) is 0 Å². The zero-order chi connectivity index (χ0) is 14.2. The molecule has 1 atom stereocenters. The van der Waals surface area contributed by atoms with Crippen molar-refractivity contribution in [1.82, 2.24) is 0 Å². The Morgan fingerprint density at radius 1 is 1.22 bits per heavy atom. The highest BCUT2D eigenvalue weighted by Crippen LogP contribution is 2.34. The molecule has 4 heteroatoms. The standard InChI is InChI=1S/C12H18O2.C2H4O2/c1-10(12(2,8-13)9-14)11-6-4-3-5-7-11;1-2(3)4/h3-7,10,13-14H,8-9H2,1-2H3;1H3,(H,3,4). The summed E-state index contributed by atoms with van der Waals surface area (Å²) in [6.07, 6.45) is 0. The van der Waals surface area contributed by atoms with Crippen molar-refractivity contribution in [3.63, 3.8) is 0 Å². The van der Waals surface area contributed by atoms with E-state index >= 15 is 0 Å². The van der Waals surface area contributed by atoms with Crippen LogP contribution in [0, 0.1) is 5.41 Å². The van der Waals surface area contributed by atoms with Crippen molar-refractivity contribution >= 4 is 5.97 Å². The van der Waals surface area contributed by atoms with Crippen molar-refractivity contribution in [3.8, 4) is 0 Å². The molecule has 0 fully saturated rings. The summed E-state index contributed by atoms with van der Waals surface area (Å²) in [4.78, 5) is 9.00. The third-order valence-electron chi connectivity index (χ3n) is 3.07. The molecule has 0 saturated heterocycles. The van der Waals surface area contributed by atoms with E-state index in [1.807, 2.05) is 44.2 Å². The number of carbonyl (C=O) groups is 1. The number of aliphatic hydroxyl groups excluding tert-OH is 2. The number of rotatable bonds is 4. The highest BCUT2D eigenvalue weighted by Gasteiger charge is 2.30. The average molecular weight is 254 g/mol. The van der Waals surface area contributed by atoms with Gasteiger partial charge in [0.1, 0.15) is 0 Å². The van der Waals surface area contributed by atoms with Crippen LogP contribution in [-0.4, -0.2) is 34.5 Å².